The van der Waals surface area contributed by atoms with Crippen molar-refractivity contribution in [3.63, 3.8) is 0 Å². The van der Waals surface area contributed by atoms with Crippen LogP contribution in [0.3, 0.4) is 0 Å². The summed E-state index contributed by atoms with van der Waals surface area (Å²) in [6.45, 7) is 9.60. The maximum absolute atomic E-state index is 13.1. The van der Waals surface area contributed by atoms with E-state index in [1.165, 1.54) is 0 Å². The average Bonchev–Trinajstić information content (AvgIpc) is 3.17. The Labute approximate surface area is 211 Å². The van der Waals surface area contributed by atoms with Crippen LogP contribution < -0.4 is 14.8 Å². The van der Waals surface area contributed by atoms with Gasteiger partial charge in [-0.2, -0.15) is 4.68 Å². The second kappa shape index (κ2) is 11.7. The van der Waals surface area contributed by atoms with Crippen LogP contribution in [0.25, 0.3) is 0 Å². The van der Waals surface area contributed by atoms with Crippen LogP contribution in [-0.2, 0) is 16.1 Å². The minimum absolute atomic E-state index is 0.217. The van der Waals surface area contributed by atoms with Crippen molar-refractivity contribution in [3.8, 4) is 11.5 Å². The van der Waals surface area contributed by atoms with Gasteiger partial charge in [0.1, 0.15) is 29.8 Å². The number of hydrogen-bond donors (Lipinski definition) is 1. The fraction of sp³-hybridized carbons (Fsp3) is 0.370. The van der Waals surface area contributed by atoms with Crippen molar-refractivity contribution in [2.75, 3.05) is 19.0 Å². The first-order chi connectivity index (χ1) is 17.0. The lowest BCUT2D eigenvalue weighted by Gasteiger charge is -2.19. The van der Waals surface area contributed by atoms with Gasteiger partial charge in [-0.15, -0.1) is 5.10 Å². The summed E-state index contributed by atoms with van der Waals surface area (Å²) >= 11 is 0. The van der Waals surface area contributed by atoms with Crippen molar-refractivity contribution < 1.29 is 28.5 Å². The summed E-state index contributed by atoms with van der Waals surface area (Å²) in [5.74, 6) is 0.722. The molecule has 2 aromatic carbocycles. The van der Waals surface area contributed by atoms with Gasteiger partial charge in [-0.05, 0) is 52.3 Å². The van der Waals surface area contributed by atoms with Gasteiger partial charge in [0.15, 0.2) is 5.82 Å². The van der Waals surface area contributed by atoms with E-state index in [4.69, 9.17) is 18.9 Å². The molecule has 0 fully saturated rings. The van der Waals surface area contributed by atoms with E-state index in [0.717, 1.165) is 10.2 Å². The summed E-state index contributed by atoms with van der Waals surface area (Å²) in [5.41, 5.74) is 1.15. The Morgan fingerprint density at radius 1 is 1.06 bits per heavy atom. The van der Waals surface area contributed by atoms with E-state index in [9.17, 15) is 9.59 Å². The first kappa shape index (κ1) is 26.7. The first-order valence-corrected chi connectivity index (χ1v) is 11.6. The van der Waals surface area contributed by atoms with Gasteiger partial charge in [-0.25, -0.2) is 4.79 Å². The molecule has 0 aliphatic rings. The van der Waals surface area contributed by atoms with Crippen LogP contribution in [0.5, 0.6) is 11.5 Å². The van der Waals surface area contributed by atoms with Gasteiger partial charge in [0.2, 0.25) is 0 Å². The van der Waals surface area contributed by atoms with Crippen molar-refractivity contribution >= 4 is 17.8 Å². The second-order valence-corrected chi connectivity index (χ2v) is 9.37. The summed E-state index contributed by atoms with van der Waals surface area (Å²) in [6.07, 6.45) is -0.859. The summed E-state index contributed by atoms with van der Waals surface area (Å²) in [5, 5.41) is 6.91. The highest BCUT2D eigenvalue weighted by Gasteiger charge is 2.21. The number of hydrogen-bond acceptors (Lipinski definition) is 7. The molecule has 0 bridgehead atoms. The number of ether oxygens (including phenoxy) is 4. The second-order valence-electron chi connectivity index (χ2n) is 9.37. The highest BCUT2D eigenvalue weighted by molar-refractivity contribution is 6.04. The normalized spacial score (nSPS) is 12.1. The zero-order valence-corrected chi connectivity index (χ0v) is 21.5. The molecule has 1 atom stereocenters. The zero-order chi connectivity index (χ0) is 26.3. The molecule has 1 amide bonds. The topological polar surface area (TPSA) is 101 Å². The third kappa shape index (κ3) is 7.84. The third-order valence-electron chi connectivity index (χ3n) is 4.82. The van der Waals surface area contributed by atoms with Crippen LogP contribution in [0.2, 0.25) is 0 Å². The lowest BCUT2D eigenvalue weighted by Crippen LogP contribution is -2.28. The number of methoxy groups -OCH3 is 1. The van der Waals surface area contributed by atoms with E-state index >= 15 is 0 Å². The first-order valence-electron chi connectivity index (χ1n) is 11.6. The fourth-order valence-electron chi connectivity index (χ4n) is 3.31. The molecule has 36 heavy (non-hydrogen) atoms. The number of aromatic nitrogens is 2. The maximum atomic E-state index is 13.1. The molecule has 1 aromatic heterocycles. The van der Waals surface area contributed by atoms with Crippen LogP contribution in [0.4, 0.5) is 10.6 Å². The van der Waals surface area contributed by atoms with E-state index in [0.29, 0.717) is 36.0 Å². The Morgan fingerprint density at radius 2 is 1.75 bits per heavy atom. The molecule has 0 spiro atoms. The standard InChI is InChI=1S/C27H33N3O6/c1-18-12-24(29-30(18)26(32)36-27(3,4)5)28-25(31)21-13-22(34-17-20-10-8-7-9-11-20)15-23(14-21)35-19(2)16-33-6/h7-15,19H,16-17H2,1-6H3,(H,28,29,31). The van der Waals surface area contributed by atoms with E-state index in [-0.39, 0.29) is 11.9 Å². The third-order valence-corrected chi connectivity index (χ3v) is 4.82. The molecular formula is C27H33N3O6. The molecule has 0 aliphatic carbocycles. The summed E-state index contributed by atoms with van der Waals surface area (Å²) in [4.78, 5) is 25.5. The Morgan fingerprint density at radius 3 is 2.42 bits per heavy atom. The maximum Gasteiger partial charge on any atom is 0.435 e. The zero-order valence-electron chi connectivity index (χ0n) is 21.5. The van der Waals surface area contributed by atoms with Gasteiger partial charge in [0.05, 0.1) is 6.61 Å². The van der Waals surface area contributed by atoms with E-state index < -0.39 is 17.6 Å². The summed E-state index contributed by atoms with van der Waals surface area (Å²) in [7, 11) is 1.59. The van der Waals surface area contributed by atoms with Gasteiger partial charge in [-0.3, -0.25) is 4.79 Å². The molecule has 0 saturated heterocycles. The molecule has 9 nitrogen and oxygen atoms in total. The Hall–Kier alpha value is -3.85. The molecule has 3 rings (SSSR count). The van der Waals surface area contributed by atoms with Crippen LogP contribution in [-0.4, -0.2) is 47.2 Å². The summed E-state index contributed by atoms with van der Waals surface area (Å²) in [6, 6.07) is 16.3. The molecule has 192 valence electrons. The number of nitrogens with zero attached hydrogens (tertiary/aromatic N) is 2. The highest BCUT2D eigenvalue weighted by Crippen LogP contribution is 2.26. The van der Waals surface area contributed by atoms with E-state index in [1.54, 1.807) is 59.1 Å². The van der Waals surface area contributed by atoms with Gasteiger partial charge in [-0.1, -0.05) is 30.3 Å². The van der Waals surface area contributed by atoms with E-state index in [1.807, 2.05) is 37.3 Å². The molecule has 9 heteroatoms. The van der Waals surface area contributed by atoms with Gasteiger partial charge in [0.25, 0.3) is 5.91 Å². The summed E-state index contributed by atoms with van der Waals surface area (Å²) < 4.78 is 23.5. The molecule has 0 saturated carbocycles. The van der Waals surface area contributed by atoms with Crippen LogP contribution in [0, 0.1) is 6.92 Å². The minimum Gasteiger partial charge on any atom is -0.489 e. The van der Waals surface area contributed by atoms with Crippen molar-refractivity contribution in [3.05, 3.63) is 71.4 Å². The van der Waals surface area contributed by atoms with E-state index in [2.05, 4.69) is 10.4 Å². The van der Waals surface area contributed by atoms with Gasteiger partial charge in [0, 0.05) is 30.5 Å². The van der Waals surface area contributed by atoms with Crippen molar-refractivity contribution in [2.24, 2.45) is 0 Å². The van der Waals surface area contributed by atoms with Crippen LogP contribution in [0.1, 0.15) is 49.3 Å². The molecule has 3 aromatic rings. The predicted octanol–water partition coefficient (Wildman–Crippen LogP) is 5.22. The Balaban J connectivity index is 1.80. The number of carbonyl (C=O) groups is 2. The van der Waals surface area contributed by atoms with Crippen molar-refractivity contribution in [1.82, 2.24) is 9.78 Å². The van der Waals surface area contributed by atoms with Crippen molar-refractivity contribution in [2.45, 2.75) is 52.9 Å². The quantitative estimate of drug-likeness (QED) is 0.434. The van der Waals surface area contributed by atoms with Gasteiger partial charge < -0.3 is 24.3 Å². The lowest BCUT2D eigenvalue weighted by molar-refractivity contribution is 0.0511. The molecule has 0 radical (unpaired) electrons. The number of aryl methyl sites for hydroxylation is 1. The van der Waals surface area contributed by atoms with Gasteiger partial charge >= 0.3 is 6.09 Å². The molecule has 1 heterocycles. The average molecular weight is 496 g/mol. The largest absolute Gasteiger partial charge is 0.489 e. The minimum atomic E-state index is -0.671. The fourth-order valence-corrected chi connectivity index (χ4v) is 3.31. The number of rotatable bonds is 9. The number of amides is 1. The van der Waals surface area contributed by atoms with Crippen LogP contribution in [0.15, 0.2) is 54.6 Å². The Kier molecular flexibility index (Phi) is 8.71. The van der Waals surface area contributed by atoms with Crippen LogP contribution >= 0.6 is 0 Å². The molecule has 0 aliphatic heterocycles. The molecular weight excluding hydrogens is 462 g/mol. The Bertz CT molecular complexity index is 1180. The smallest absolute Gasteiger partial charge is 0.435 e. The predicted molar refractivity (Wildman–Crippen MR) is 136 cm³/mol. The molecule has 1 N–H and O–H groups in total. The number of carbonyl (C=O) groups excluding carboxylic acids is 2. The number of nitrogens with one attached hydrogen (secondary N) is 1. The number of benzene rings is 2. The number of anilines is 1. The SMILES string of the molecule is COCC(C)Oc1cc(OCc2ccccc2)cc(C(=O)Nc2cc(C)n(C(=O)OC(C)(C)C)n2)c1. The highest BCUT2D eigenvalue weighted by atomic mass is 16.6. The van der Waals surface area contributed by atoms with Crippen molar-refractivity contribution in [1.29, 1.82) is 0 Å². The lowest BCUT2D eigenvalue weighted by atomic mass is 10.1. The molecule has 1 unspecified atom stereocenters. The monoisotopic (exact) mass is 495 g/mol.